The van der Waals surface area contributed by atoms with Crippen molar-refractivity contribution in [2.24, 2.45) is 10.4 Å². The van der Waals surface area contributed by atoms with Crippen molar-refractivity contribution in [3.05, 3.63) is 350 Å². The summed E-state index contributed by atoms with van der Waals surface area (Å²) in [5.41, 5.74) is 22.8. The molecule has 0 bridgehead atoms. The molecule has 11 aromatic rings. The number of benzene rings is 8. The average molecular weight is 2160 g/mol. The SMILES string of the molecule is CO/C=C(/C(C)=O)C(=O)OC.COC(=O)c1cc2c([nH]c1=O)-c1cc(C)[c-]cc1CC21CCCCC1.COC(=O)c1cc2c(n(Cc3ccccc3)c1=O)-c1cc(C)[c-]cc1CC21CCCCC1.Cc1[c-]cc2c(c1)-c1[nH]c(=O)c(C(=O)O)cc1C1(CCCCC1)C2.Cc1[c-]cc2c(c1)C(=NCc1ccccc1)CC1(CCCCC1)C2.[Li+].[OH-].[OH-].[OH-].[OH-].[OH-].[Rb+].[Rb+].[Rb+].[Rb+].c1ccc(Oc2ccccc2)cc1. The number of aliphatic imine (C=N–C) groups is 1. The number of methoxy groups -OCH3 is 4. The molecule has 23 nitrogen and oxygen atoms in total. The fraction of sp³-hybridized carbons (Fsp3) is 0.360. The van der Waals surface area contributed by atoms with E-state index in [9.17, 15) is 43.5 Å². The number of H-pyrrole nitrogens is 2. The number of hydrogen-bond acceptors (Lipinski definition) is 19. The average Bonchev–Trinajstić information content (AvgIpc) is 0.735. The van der Waals surface area contributed by atoms with Gasteiger partial charge in [-0.25, -0.2) is 19.2 Å². The Bertz CT molecular complexity index is 6170. The van der Waals surface area contributed by atoms with E-state index < -0.39 is 29.4 Å². The molecule has 19 rings (SSSR count). The summed E-state index contributed by atoms with van der Waals surface area (Å²) < 4.78 is 26.0. The first-order valence-corrected chi connectivity index (χ1v) is 45.4. The number of rotatable bonds is 12. The number of aromatic nitrogens is 3. The van der Waals surface area contributed by atoms with Crippen LogP contribution in [-0.4, -0.2) is 111 Å². The van der Waals surface area contributed by atoms with Crippen molar-refractivity contribution in [1.82, 2.24) is 14.5 Å². The first-order chi connectivity index (χ1) is 62.4. The van der Waals surface area contributed by atoms with Crippen LogP contribution in [0.4, 0.5) is 0 Å². The Hall–Kier alpha value is -5.21. The number of aromatic amines is 2. The molecule has 8 aliphatic carbocycles. The molecule has 4 saturated carbocycles. The van der Waals surface area contributed by atoms with Crippen LogP contribution in [0, 0.1) is 57.4 Å². The molecular weight excluding hydrogens is 2040 g/mol. The minimum absolute atomic E-state index is 0. The van der Waals surface area contributed by atoms with Crippen LogP contribution in [0.3, 0.4) is 0 Å². The molecular formula is C111H121LiN4O19Rb4-4. The Morgan fingerprint density at radius 3 is 1.20 bits per heavy atom. The van der Waals surface area contributed by atoms with Gasteiger partial charge >= 0.3 is 275 Å². The third-order valence-electron chi connectivity index (χ3n) is 27.2. The van der Waals surface area contributed by atoms with E-state index in [4.69, 9.17) is 19.2 Å². The molecule has 28 heteroatoms. The normalized spacial score (nSPS) is 15.4. The molecule has 0 amide bonds. The number of carboxylic acids is 1. The van der Waals surface area contributed by atoms with E-state index in [1.54, 1.807) is 12.1 Å². The first kappa shape index (κ1) is 126. The fourth-order valence-electron chi connectivity index (χ4n) is 20.8. The van der Waals surface area contributed by atoms with Gasteiger partial charge < -0.3 is 70.7 Å². The van der Waals surface area contributed by atoms with E-state index >= 15 is 0 Å². The van der Waals surface area contributed by atoms with Gasteiger partial charge in [-0.15, -0.1) is 44.5 Å². The first-order valence-electron chi connectivity index (χ1n) is 45.4. The Balaban J connectivity index is 0.000000352. The zero-order valence-electron chi connectivity index (χ0n) is 83.0. The molecule has 8 aliphatic rings. The third kappa shape index (κ3) is 30.7. The van der Waals surface area contributed by atoms with Crippen molar-refractivity contribution < 1.29 is 332 Å². The maximum atomic E-state index is 13.7. The van der Waals surface area contributed by atoms with Crippen LogP contribution in [0.25, 0.3) is 33.8 Å². The Labute approximate surface area is 1020 Å². The molecule has 708 valence electrons. The van der Waals surface area contributed by atoms with Crippen LogP contribution in [-0.2, 0) is 83.6 Å². The van der Waals surface area contributed by atoms with Gasteiger partial charge in [0.1, 0.15) is 40.0 Å². The van der Waals surface area contributed by atoms with Crippen LogP contribution in [0.1, 0.15) is 251 Å². The number of esters is 3. The van der Waals surface area contributed by atoms with Gasteiger partial charge in [0.2, 0.25) is 0 Å². The zero-order valence-corrected chi connectivity index (χ0v) is 103. The molecule has 0 atom stereocenters. The predicted molar refractivity (Wildman–Crippen MR) is 513 cm³/mol. The Morgan fingerprint density at radius 1 is 0.432 bits per heavy atom. The molecule has 0 unspecified atom stereocenters. The topological polar surface area (TPSA) is 402 Å². The number of pyridine rings is 3. The number of aryl methyl sites for hydroxylation is 4. The Kier molecular flexibility index (Phi) is 53.5. The van der Waals surface area contributed by atoms with E-state index in [-0.39, 0.29) is 334 Å². The number of carboxylic acid groups (broad SMARTS) is 1. The molecule has 4 fully saturated rings. The number of carbonyl (C=O) groups excluding carboxylic acids is 4. The quantitative estimate of drug-likeness (QED) is 0.0182. The summed E-state index contributed by atoms with van der Waals surface area (Å²) in [5.74, 6) is -1.61. The van der Waals surface area contributed by atoms with Crippen molar-refractivity contribution in [3.63, 3.8) is 0 Å². The van der Waals surface area contributed by atoms with Gasteiger partial charge in [0.05, 0.1) is 41.5 Å². The van der Waals surface area contributed by atoms with Crippen molar-refractivity contribution >= 4 is 35.4 Å². The number of ketones is 1. The maximum absolute atomic E-state index is 13.7. The molecule has 0 saturated heterocycles. The number of para-hydroxylation sites is 2. The summed E-state index contributed by atoms with van der Waals surface area (Å²) in [4.78, 5) is 107. The smallest absolute Gasteiger partial charge is 0.870 e. The van der Waals surface area contributed by atoms with Gasteiger partial charge in [-0.2, -0.15) is 95.1 Å². The van der Waals surface area contributed by atoms with Crippen LogP contribution in [0.2, 0.25) is 0 Å². The van der Waals surface area contributed by atoms with E-state index in [2.05, 4.69) is 117 Å². The number of Topliss-reactive ketones (excluding diaryl/α,β-unsaturated/α-hetero) is 1. The second-order valence-corrected chi connectivity index (χ2v) is 36.1. The summed E-state index contributed by atoms with van der Waals surface area (Å²) in [6.45, 7) is 10.6. The van der Waals surface area contributed by atoms with E-state index in [0.29, 0.717) is 12.0 Å². The molecule has 3 aromatic heterocycles. The van der Waals surface area contributed by atoms with Gasteiger partial charge in [0.25, 0.3) is 16.7 Å². The van der Waals surface area contributed by atoms with Crippen LogP contribution in [0.15, 0.2) is 219 Å². The molecule has 0 aliphatic heterocycles. The van der Waals surface area contributed by atoms with Gasteiger partial charge in [0, 0.05) is 22.8 Å². The van der Waals surface area contributed by atoms with Crippen LogP contribution < -0.4 is 273 Å². The van der Waals surface area contributed by atoms with Gasteiger partial charge in [-0.3, -0.25) is 24.2 Å². The van der Waals surface area contributed by atoms with Crippen molar-refractivity contribution in [2.75, 3.05) is 28.4 Å². The standard InChI is InChI=1S/C28H28NO3.C23H26N.C21H22NO3.C20H20NO3.C12H10O.C7H10O4.Li.5H2O.4Rb/c1-19-11-12-21-17-28(13-7-4-8-14-28)24-16-23(27(31)32-2)26(30)29(25(24)22(21)15-19)18-20-9-5-3-6-10-20;1-18-10-11-20-15-23(12-6-3-7-13-23)16-22(21(20)14-18)24-17-19-8-4-2-5-9-19;1-13-6-7-14-12-21(8-4-3-5-9-21)17-11-16(20(24)25-2)19(23)22-18(17)15(14)10-13;1-12-5-6-13-11-20(7-3-2-4-8-20)16-10-15(19(23)24)18(22)21-17(16)14(13)9-12;1-3-7-11(8-4-1)13-12-9-5-2-6-10-12;1-5(8)6(4-10-2)7(9)11-3;;;;;;;;;;/h3,5-6,9-10,12,15-16H,4,7-8,13-14,17-18H2,1-2H3;2,4-5,8-9,11,14H,3,6-7,12-13,15-17H2,1H3;7,10-11H,3-5,8-9,12H2,1-2H3,(H,22,23);6,9-10H,2-4,7-8,11H2,1H3,(H,21,22)(H,23,24);1-10H;4H,1-3H3;;5*1H2;;;;/q4*-1;;;+1;;;;;;4*+1/p-5/b;;;;;6-4-;;;;;;;;;;. The minimum atomic E-state index is -1.16. The summed E-state index contributed by atoms with van der Waals surface area (Å²) in [6.07, 6.45) is 30.2. The van der Waals surface area contributed by atoms with Gasteiger partial charge in [0.15, 0.2) is 5.78 Å². The largest absolute Gasteiger partial charge is 1.00 e. The monoisotopic (exact) mass is 2160 g/mol. The van der Waals surface area contributed by atoms with E-state index in [1.165, 1.54) is 151 Å². The minimum Gasteiger partial charge on any atom is -0.870 e. The molecule has 0 radical (unpaired) electrons. The van der Waals surface area contributed by atoms with E-state index in [1.807, 2.05) is 135 Å². The number of fused-ring (bicyclic) bond motifs is 13. The van der Waals surface area contributed by atoms with Gasteiger partial charge in [-0.05, 0) is 157 Å². The predicted octanol–water partition coefficient (Wildman–Crippen LogP) is 6.09. The molecule has 4 spiro atoms. The van der Waals surface area contributed by atoms with Crippen molar-refractivity contribution in [2.45, 2.75) is 224 Å². The molecule has 8 aromatic carbocycles. The number of nitrogens with one attached hydrogen (secondary N) is 2. The maximum Gasteiger partial charge on any atom is 1.00 e. The van der Waals surface area contributed by atoms with Crippen LogP contribution in [0.5, 0.6) is 11.5 Å². The summed E-state index contributed by atoms with van der Waals surface area (Å²) in [6, 6.07) is 75.8. The second-order valence-electron chi connectivity index (χ2n) is 36.1. The second kappa shape index (κ2) is 59.0. The number of aromatic carboxylic acids is 1. The summed E-state index contributed by atoms with van der Waals surface area (Å²) in [7, 11) is 5.21. The molecule has 139 heavy (non-hydrogen) atoms. The van der Waals surface area contributed by atoms with Crippen LogP contribution >= 0.6 is 0 Å². The van der Waals surface area contributed by atoms with Crippen molar-refractivity contribution in [3.8, 4) is 45.3 Å². The Morgan fingerprint density at radius 2 is 0.791 bits per heavy atom. The number of hydrogen-bond donors (Lipinski definition) is 3. The third-order valence-corrected chi connectivity index (χ3v) is 27.2. The van der Waals surface area contributed by atoms with E-state index in [0.717, 1.165) is 187 Å². The zero-order chi connectivity index (χ0) is 91.0. The number of ether oxygens (including phenoxy) is 5. The number of nitrogens with zero attached hydrogens (tertiary/aromatic N) is 2. The summed E-state index contributed by atoms with van der Waals surface area (Å²) in [5, 5.41) is 9.37. The number of carbonyl (C=O) groups is 5. The molecule has 3 heterocycles. The fourth-order valence-corrected chi connectivity index (χ4v) is 20.8. The van der Waals surface area contributed by atoms with Crippen molar-refractivity contribution in [1.29, 1.82) is 0 Å². The van der Waals surface area contributed by atoms with Gasteiger partial charge in [-0.1, -0.05) is 227 Å². The summed E-state index contributed by atoms with van der Waals surface area (Å²) >= 11 is 0. The molecule has 8 N–H and O–H groups in total.